The average molecular weight is 222 g/mol. The zero-order valence-corrected chi connectivity index (χ0v) is 10.4. The van der Waals surface area contributed by atoms with E-state index in [9.17, 15) is 5.11 Å². The lowest BCUT2D eigenvalue weighted by Gasteiger charge is -2.27. The number of hydrogen-bond donors (Lipinski definition) is 2. The molecule has 1 unspecified atom stereocenters. The van der Waals surface area contributed by atoms with Crippen LogP contribution in [0.25, 0.3) is 0 Å². The summed E-state index contributed by atoms with van der Waals surface area (Å²) in [7, 11) is 1.88. The molecule has 0 aromatic heterocycles. The second kappa shape index (κ2) is 6.51. The normalized spacial score (nSPS) is 12.5. The minimum absolute atomic E-state index is 0.125. The summed E-state index contributed by atoms with van der Waals surface area (Å²) in [5.74, 6) is 0. The molecule has 0 radical (unpaired) electrons. The number of anilines is 1. The highest BCUT2D eigenvalue weighted by Gasteiger charge is 2.10. The molecule has 0 spiro atoms. The Labute approximate surface area is 98.1 Å². The number of nitrogens with zero attached hydrogens (tertiary/aromatic N) is 1. The van der Waals surface area contributed by atoms with Crippen molar-refractivity contribution in [3.8, 4) is 0 Å². The standard InChI is InChI=1S/C13H22N2O/c1-4-15(9-12(10-16)14-3)13-7-5-6-11(2)8-13/h5-8,12,14,16H,4,9-10H2,1-3H3. The van der Waals surface area contributed by atoms with Gasteiger partial charge in [0.2, 0.25) is 0 Å². The second-order valence-electron chi connectivity index (χ2n) is 4.05. The third-order valence-corrected chi connectivity index (χ3v) is 2.82. The van der Waals surface area contributed by atoms with E-state index in [1.165, 1.54) is 11.3 Å². The van der Waals surface area contributed by atoms with Crippen LogP contribution in [0.15, 0.2) is 24.3 Å². The van der Waals surface area contributed by atoms with Crippen molar-refractivity contribution in [2.45, 2.75) is 19.9 Å². The molecule has 1 atom stereocenters. The predicted octanol–water partition coefficient (Wildman–Crippen LogP) is 1.40. The Morgan fingerprint density at radius 3 is 2.69 bits per heavy atom. The fourth-order valence-electron chi connectivity index (χ4n) is 1.75. The average Bonchev–Trinajstić information content (AvgIpc) is 2.31. The maximum absolute atomic E-state index is 9.18. The number of rotatable bonds is 6. The Morgan fingerprint density at radius 2 is 2.19 bits per heavy atom. The maximum atomic E-state index is 9.18. The van der Waals surface area contributed by atoms with Gasteiger partial charge >= 0.3 is 0 Å². The molecule has 0 bridgehead atoms. The summed E-state index contributed by atoms with van der Waals surface area (Å²) in [5, 5.41) is 12.3. The van der Waals surface area contributed by atoms with Crippen LogP contribution in [-0.4, -0.2) is 37.9 Å². The number of aliphatic hydroxyl groups excluding tert-OH is 1. The summed E-state index contributed by atoms with van der Waals surface area (Å²) in [5.41, 5.74) is 2.48. The van der Waals surface area contributed by atoms with Crippen LogP contribution in [0.1, 0.15) is 12.5 Å². The molecule has 0 amide bonds. The van der Waals surface area contributed by atoms with Crippen LogP contribution in [0, 0.1) is 6.92 Å². The number of aryl methyl sites for hydroxylation is 1. The van der Waals surface area contributed by atoms with Gasteiger partial charge in [0.1, 0.15) is 0 Å². The SMILES string of the molecule is CCN(CC(CO)NC)c1cccc(C)c1. The van der Waals surface area contributed by atoms with Crippen LogP contribution in [0.2, 0.25) is 0 Å². The molecule has 3 nitrogen and oxygen atoms in total. The Kier molecular flexibility index (Phi) is 5.29. The summed E-state index contributed by atoms with van der Waals surface area (Å²) in [4.78, 5) is 2.27. The first kappa shape index (κ1) is 13.0. The minimum Gasteiger partial charge on any atom is -0.395 e. The topological polar surface area (TPSA) is 35.5 Å². The Morgan fingerprint density at radius 1 is 1.44 bits per heavy atom. The van der Waals surface area contributed by atoms with E-state index in [1.807, 2.05) is 7.05 Å². The van der Waals surface area contributed by atoms with Gasteiger partial charge in [-0.3, -0.25) is 0 Å². The largest absolute Gasteiger partial charge is 0.395 e. The summed E-state index contributed by atoms with van der Waals surface area (Å²) in [6, 6.07) is 8.58. The van der Waals surface area contributed by atoms with E-state index < -0.39 is 0 Å². The van der Waals surface area contributed by atoms with Crippen molar-refractivity contribution in [2.75, 3.05) is 31.6 Å². The molecule has 0 heterocycles. The third-order valence-electron chi connectivity index (χ3n) is 2.82. The van der Waals surface area contributed by atoms with E-state index in [-0.39, 0.29) is 12.6 Å². The molecule has 0 aliphatic carbocycles. The molecule has 0 aliphatic heterocycles. The van der Waals surface area contributed by atoms with E-state index in [0.717, 1.165) is 13.1 Å². The molecule has 1 aromatic carbocycles. The summed E-state index contributed by atoms with van der Waals surface area (Å²) in [6.07, 6.45) is 0. The number of nitrogens with one attached hydrogen (secondary N) is 1. The molecule has 2 N–H and O–H groups in total. The van der Waals surface area contributed by atoms with Crippen molar-refractivity contribution >= 4 is 5.69 Å². The van der Waals surface area contributed by atoms with Crippen LogP contribution in [0.5, 0.6) is 0 Å². The van der Waals surface area contributed by atoms with Crippen molar-refractivity contribution in [3.63, 3.8) is 0 Å². The third kappa shape index (κ3) is 3.51. The van der Waals surface area contributed by atoms with Gasteiger partial charge in [0.25, 0.3) is 0 Å². The van der Waals surface area contributed by atoms with Gasteiger partial charge in [-0.2, -0.15) is 0 Å². The lowest BCUT2D eigenvalue weighted by atomic mass is 10.2. The highest BCUT2D eigenvalue weighted by atomic mass is 16.3. The second-order valence-corrected chi connectivity index (χ2v) is 4.05. The number of likely N-dealkylation sites (N-methyl/N-ethyl adjacent to an activating group) is 2. The van der Waals surface area contributed by atoms with E-state index in [1.54, 1.807) is 0 Å². The number of benzene rings is 1. The van der Waals surface area contributed by atoms with Gasteiger partial charge in [0, 0.05) is 24.8 Å². The van der Waals surface area contributed by atoms with Crippen LogP contribution in [-0.2, 0) is 0 Å². The lowest BCUT2D eigenvalue weighted by molar-refractivity contribution is 0.250. The quantitative estimate of drug-likeness (QED) is 0.764. The predicted molar refractivity (Wildman–Crippen MR) is 69.0 cm³/mol. The molecule has 1 rings (SSSR count). The summed E-state index contributed by atoms with van der Waals surface area (Å²) >= 11 is 0. The molecule has 0 fully saturated rings. The molecule has 0 saturated carbocycles. The van der Waals surface area contributed by atoms with Crippen LogP contribution >= 0.6 is 0 Å². The zero-order valence-electron chi connectivity index (χ0n) is 10.4. The molecule has 16 heavy (non-hydrogen) atoms. The van der Waals surface area contributed by atoms with Crippen LogP contribution in [0.4, 0.5) is 5.69 Å². The van der Waals surface area contributed by atoms with Gasteiger partial charge in [-0.25, -0.2) is 0 Å². The van der Waals surface area contributed by atoms with Gasteiger partial charge in [-0.15, -0.1) is 0 Å². The zero-order chi connectivity index (χ0) is 12.0. The molecule has 90 valence electrons. The van der Waals surface area contributed by atoms with Crippen molar-refractivity contribution in [1.82, 2.24) is 5.32 Å². The van der Waals surface area contributed by atoms with E-state index >= 15 is 0 Å². The van der Waals surface area contributed by atoms with E-state index in [2.05, 4.69) is 48.3 Å². The van der Waals surface area contributed by atoms with Gasteiger partial charge < -0.3 is 15.3 Å². The van der Waals surface area contributed by atoms with Gasteiger partial charge in [0.15, 0.2) is 0 Å². The summed E-state index contributed by atoms with van der Waals surface area (Å²) in [6.45, 7) is 6.17. The van der Waals surface area contributed by atoms with Crippen LogP contribution < -0.4 is 10.2 Å². The molecule has 0 saturated heterocycles. The first-order valence-corrected chi connectivity index (χ1v) is 5.81. The molecule has 1 aromatic rings. The first-order chi connectivity index (χ1) is 7.71. The monoisotopic (exact) mass is 222 g/mol. The van der Waals surface area contributed by atoms with Gasteiger partial charge in [-0.1, -0.05) is 12.1 Å². The fraction of sp³-hybridized carbons (Fsp3) is 0.538. The van der Waals surface area contributed by atoms with Crippen molar-refractivity contribution < 1.29 is 5.11 Å². The Balaban J connectivity index is 2.74. The van der Waals surface area contributed by atoms with Gasteiger partial charge in [-0.05, 0) is 38.6 Å². The highest BCUT2D eigenvalue weighted by Crippen LogP contribution is 2.15. The molecule has 0 aliphatic rings. The Hall–Kier alpha value is -1.06. The smallest absolute Gasteiger partial charge is 0.0601 e. The Bertz CT molecular complexity index is 311. The van der Waals surface area contributed by atoms with Crippen LogP contribution in [0.3, 0.4) is 0 Å². The molecule has 3 heteroatoms. The molecular weight excluding hydrogens is 200 g/mol. The summed E-state index contributed by atoms with van der Waals surface area (Å²) < 4.78 is 0. The van der Waals surface area contributed by atoms with Crippen molar-refractivity contribution in [3.05, 3.63) is 29.8 Å². The minimum atomic E-state index is 0.125. The maximum Gasteiger partial charge on any atom is 0.0601 e. The first-order valence-electron chi connectivity index (χ1n) is 5.81. The molecular formula is C13H22N2O. The van der Waals surface area contributed by atoms with Crippen molar-refractivity contribution in [1.29, 1.82) is 0 Å². The fourth-order valence-corrected chi connectivity index (χ4v) is 1.75. The van der Waals surface area contributed by atoms with E-state index in [0.29, 0.717) is 0 Å². The van der Waals surface area contributed by atoms with Gasteiger partial charge in [0.05, 0.1) is 6.61 Å². The lowest BCUT2D eigenvalue weighted by Crippen LogP contribution is -2.41. The van der Waals surface area contributed by atoms with E-state index in [4.69, 9.17) is 0 Å². The highest BCUT2D eigenvalue weighted by molar-refractivity contribution is 5.48. The number of hydrogen-bond acceptors (Lipinski definition) is 3. The number of aliphatic hydroxyl groups is 1. The van der Waals surface area contributed by atoms with Crippen molar-refractivity contribution in [2.24, 2.45) is 0 Å².